The lowest BCUT2D eigenvalue weighted by Gasteiger charge is -2.08. The average molecular weight is 451 g/mol. The number of benzene rings is 1. The number of hydrogen-bond donors (Lipinski definition) is 1. The van der Waals surface area contributed by atoms with Crippen molar-refractivity contribution in [3.8, 4) is 17.2 Å². The lowest BCUT2D eigenvalue weighted by atomic mass is 10.2. The molecule has 0 amide bonds. The largest absolute Gasteiger partial charge is 0.417 e. The van der Waals surface area contributed by atoms with Gasteiger partial charge in [-0.3, -0.25) is 9.89 Å². The first-order valence-corrected chi connectivity index (χ1v) is 9.49. The first-order chi connectivity index (χ1) is 14.3. The molecule has 3 heterocycles. The van der Waals surface area contributed by atoms with Gasteiger partial charge in [-0.25, -0.2) is 9.97 Å². The normalized spacial score (nSPS) is 11.6. The van der Waals surface area contributed by atoms with E-state index in [-0.39, 0.29) is 10.8 Å². The van der Waals surface area contributed by atoms with Gasteiger partial charge in [-0.05, 0) is 23.9 Å². The third kappa shape index (κ3) is 4.07. The molecule has 0 aliphatic rings. The molecule has 0 saturated carbocycles. The Labute approximate surface area is 176 Å². The first-order valence-electron chi connectivity index (χ1n) is 8.30. The van der Waals surface area contributed by atoms with E-state index in [1.807, 2.05) is 30.3 Å². The van der Waals surface area contributed by atoms with E-state index in [2.05, 4.69) is 25.3 Å². The Bertz CT molecular complexity index is 1240. The van der Waals surface area contributed by atoms with E-state index < -0.39 is 17.3 Å². The summed E-state index contributed by atoms with van der Waals surface area (Å²) in [6, 6.07) is 11.2. The van der Waals surface area contributed by atoms with Crippen LogP contribution in [0.25, 0.3) is 17.2 Å². The van der Waals surface area contributed by atoms with Crippen LogP contribution in [0.3, 0.4) is 0 Å². The Morgan fingerprint density at radius 3 is 2.50 bits per heavy atom. The van der Waals surface area contributed by atoms with E-state index in [0.29, 0.717) is 22.1 Å². The summed E-state index contributed by atoms with van der Waals surface area (Å²) in [6.45, 7) is 0. The predicted molar refractivity (Wildman–Crippen MR) is 104 cm³/mol. The number of nitrogens with one attached hydrogen (secondary N) is 1. The molecular weight excluding hydrogens is 441 g/mol. The Kier molecular flexibility index (Phi) is 5.31. The van der Waals surface area contributed by atoms with Crippen molar-refractivity contribution in [3.05, 3.63) is 75.8 Å². The molecular formula is C18H10ClF3N6OS. The maximum absolute atomic E-state index is 12.7. The molecule has 0 saturated heterocycles. The van der Waals surface area contributed by atoms with Crippen molar-refractivity contribution in [1.29, 1.82) is 0 Å². The number of H-pyrrole nitrogens is 1. The molecule has 0 radical (unpaired) electrons. The van der Waals surface area contributed by atoms with Gasteiger partial charge in [0.05, 0.1) is 16.7 Å². The van der Waals surface area contributed by atoms with Crippen molar-refractivity contribution in [2.75, 3.05) is 0 Å². The SMILES string of the molecule is O=c1c(Cl)c(Sc2n[nH]c(-c3ccccc3)n2)cnn1-c1ccc(C(F)(F)F)cn1. The lowest BCUT2D eigenvalue weighted by molar-refractivity contribution is -0.137. The number of alkyl halides is 3. The van der Waals surface area contributed by atoms with Gasteiger partial charge in [0.25, 0.3) is 5.56 Å². The molecule has 1 aromatic carbocycles. The minimum Gasteiger partial charge on any atom is -0.266 e. The van der Waals surface area contributed by atoms with Gasteiger partial charge in [0, 0.05) is 11.8 Å². The van der Waals surface area contributed by atoms with E-state index in [9.17, 15) is 18.0 Å². The molecule has 0 bridgehead atoms. The Morgan fingerprint density at radius 2 is 1.83 bits per heavy atom. The molecule has 12 heteroatoms. The van der Waals surface area contributed by atoms with E-state index in [4.69, 9.17) is 11.6 Å². The van der Waals surface area contributed by atoms with Crippen LogP contribution >= 0.6 is 23.4 Å². The third-order valence-electron chi connectivity index (χ3n) is 3.89. The van der Waals surface area contributed by atoms with Crippen LogP contribution in [0.4, 0.5) is 13.2 Å². The molecule has 0 aliphatic heterocycles. The third-order valence-corrected chi connectivity index (χ3v) is 5.26. The summed E-state index contributed by atoms with van der Waals surface area (Å²) in [5, 5.41) is 11.0. The second-order valence-corrected chi connectivity index (χ2v) is 7.26. The average Bonchev–Trinajstić information content (AvgIpc) is 3.20. The van der Waals surface area contributed by atoms with Crippen molar-refractivity contribution < 1.29 is 13.2 Å². The Balaban J connectivity index is 1.59. The van der Waals surface area contributed by atoms with Crippen LogP contribution < -0.4 is 5.56 Å². The van der Waals surface area contributed by atoms with E-state index in [1.165, 1.54) is 6.20 Å². The summed E-state index contributed by atoms with van der Waals surface area (Å²) in [5.41, 5.74) is -0.825. The number of halogens is 4. The molecule has 7 nitrogen and oxygen atoms in total. The topological polar surface area (TPSA) is 89.4 Å². The number of rotatable bonds is 4. The van der Waals surface area contributed by atoms with Gasteiger partial charge >= 0.3 is 6.18 Å². The number of aromatic amines is 1. The molecule has 4 aromatic rings. The minimum atomic E-state index is -4.53. The molecule has 152 valence electrons. The monoisotopic (exact) mass is 450 g/mol. The number of aromatic nitrogens is 6. The highest BCUT2D eigenvalue weighted by Crippen LogP contribution is 2.30. The maximum Gasteiger partial charge on any atom is 0.417 e. The fourth-order valence-electron chi connectivity index (χ4n) is 2.45. The van der Waals surface area contributed by atoms with E-state index in [1.54, 1.807) is 0 Å². The zero-order chi connectivity index (χ0) is 21.3. The highest BCUT2D eigenvalue weighted by Gasteiger charge is 2.30. The zero-order valence-electron chi connectivity index (χ0n) is 14.8. The quantitative estimate of drug-likeness (QED) is 0.500. The van der Waals surface area contributed by atoms with Crippen molar-refractivity contribution >= 4 is 23.4 Å². The molecule has 30 heavy (non-hydrogen) atoms. The lowest BCUT2D eigenvalue weighted by Crippen LogP contribution is -2.23. The molecule has 0 spiro atoms. The highest BCUT2D eigenvalue weighted by molar-refractivity contribution is 7.99. The smallest absolute Gasteiger partial charge is 0.266 e. The van der Waals surface area contributed by atoms with Gasteiger partial charge < -0.3 is 0 Å². The summed E-state index contributed by atoms with van der Waals surface area (Å²) in [6.07, 6.45) is -2.61. The second kappa shape index (κ2) is 7.92. The van der Waals surface area contributed by atoms with Crippen LogP contribution in [0.1, 0.15) is 5.56 Å². The fraction of sp³-hybridized carbons (Fsp3) is 0.0556. The van der Waals surface area contributed by atoms with Gasteiger partial charge in [0.1, 0.15) is 5.02 Å². The maximum atomic E-state index is 12.7. The second-order valence-electron chi connectivity index (χ2n) is 5.88. The minimum absolute atomic E-state index is 0.0873. The number of hydrogen-bond acceptors (Lipinski definition) is 6. The fourth-order valence-corrected chi connectivity index (χ4v) is 3.39. The Morgan fingerprint density at radius 1 is 1.07 bits per heavy atom. The Hall–Kier alpha value is -3.18. The van der Waals surface area contributed by atoms with Crippen LogP contribution in [0.5, 0.6) is 0 Å². The molecule has 3 aromatic heterocycles. The number of pyridine rings is 1. The van der Waals surface area contributed by atoms with Crippen LogP contribution in [-0.2, 0) is 6.18 Å². The molecule has 0 fully saturated rings. The molecule has 0 atom stereocenters. The predicted octanol–water partition coefficient (Wildman–Crippen LogP) is 4.24. The molecule has 0 unspecified atom stereocenters. The molecule has 4 rings (SSSR count). The van der Waals surface area contributed by atoms with Gasteiger partial charge in [-0.15, -0.1) is 5.10 Å². The van der Waals surface area contributed by atoms with Crippen LogP contribution in [-0.4, -0.2) is 29.9 Å². The summed E-state index contributed by atoms with van der Waals surface area (Å²) >= 11 is 7.18. The van der Waals surface area contributed by atoms with Crippen molar-refractivity contribution in [1.82, 2.24) is 29.9 Å². The summed E-state index contributed by atoms with van der Waals surface area (Å²) < 4.78 is 38.8. The van der Waals surface area contributed by atoms with Crippen molar-refractivity contribution in [3.63, 3.8) is 0 Å². The summed E-state index contributed by atoms with van der Waals surface area (Å²) in [7, 11) is 0. The van der Waals surface area contributed by atoms with Gasteiger partial charge in [-0.1, -0.05) is 41.9 Å². The van der Waals surface area contributed by atoms with Crippen LogP contribution in [0.2, 0.25) is 5.02 Å². The highest BCUT2D eigenvalue weighted by atomic mass is 35.5. The van der Waals surface area contributed by atoms with E-state index in [0.717, 1.165) is 34.1 Å². The molecule has 1 N–H and O–H groups in total. The zero-order valence-corrected chi connectivity index (χ0v) is 16.3. The molecule has 0 aliphatic carbocycles. The standard InChI is InChI=1S/C18H10ClF3N6OS/c19-14-12(30-17-25-15(26-27-17)10-4-2-1-3-5-10)9-24-28(16(14)29)13-7-6-11(8-23-13)18(20,21)22/h1-9H,(H,25,26,27). The number of nitrogens with zero attached hydrogens (tertiary/aromatic N) is 5. The summed E-state index contributed by atoms with van der Waals surface area (Å²) in [4.78, 5) is 20.8. The van der Waals surface area contributed by atoms with Crippen LogP contribution in [0.15, 0.2) is 69.7 Å². The van der Waals surface area contributed by atoms with Gasteiger partial charge in [-0.2, -0.15) is 23.0 Å². The van der Waals surface area contributed by atoms with Gasteiger partial charge in [0.2, 0.25) is 5.16 Å². The summed E-state index contributed by atoms with van der Waals surface area (Å²) in [5.74, 6) is 0.459. The van der Waals surface area contributed by atoms with Crippen LogP contribution in [0, 0.1) is 0 Å². The first kappa shape index (κ1) is 20.1. The van der Waals surface area contributed by atoms with Gasteiger partial charge in [0.15, 0.2) is 11.6 Å². The van der Waals surface area contributed by atoms with Crippen molar-refractivity contribution in [2.45, 2.75) is 16.2 Å². The van der Waals surface area contributed by atoms with Crippen molar-refractivity contribution in [2.24, 2.45) is 0 Å². The van der Waals surface area contributed by atoms with E-state index >= 15 is 0 Å².